The van der Waals surface area contributed by atoms with Gasteiger partial charge in [0.05, 0.1) is 6.04 Å². The number of aryl methyl sites for hydroxylation is 1. The van der Waals surface area contributed by atoms with Crippen molar-refractivity contribution in [3.8, 4) is 0 Å². The average molecular weight is 220 g/mol. The van der Waals surface area contributed by atoms with Gasteiger partial charge in [0.25, 0.3) is 0 Å². The van der Waals surface area contributed by atoms with Crippen molar-refractivity contribution in [2.24, 2.45) is 7.05 Å². The van der Waals surface area contributed by atoms with Crippen LogP contribution in [0.3, 0.4) is 0 Å². The fourth-order valence-corrected chi connectivity index (χ4v) is 2.63. The molecule has 16 heavy (non-hydrogen) atoms. The molecule has 1 unspecified atom stereocenters. The summed E-state index contributed by atoms with van der Waals surface area (Å²) in [7, 11) is 2.03. The monoisotopic (exact) mass is 220 g/mol. The Bertz CT molecular complexity index is 361. The van der Waals surface area contributed by atoms with E-state index in [0.29, 0.717) is 12.0 Å². The van der Waals surface area contributed by atoms with E-state index in [1.165, 1.54) is 38.5 Å². The van der Waals surface area contributed by atoms with Gasteiger partial charge in [-0.05, 0) is 32.2 Å². The normalized spacial score (nSPS) is 26.7. The van der Waals surface area contributed by atoms with Gasteiger partial charge in [-0.15, -0.1) is 0 Å². The van der Waals surface area contributed by atoms with Gasteiger partial charge in [0, 0.05) is 13.0 Å². The molecule has 0 radical (unpaired) electrons. The highest BCUT2D eigenvalue weighted by atomic mass is 15.3. The summed E-state index contributed by atoms with van der Waals surface area (Å²) < 4.78 is 1.98. The predicted molar refractivity (Wildman–Crippen MR) is 62.2 cm³/mol. The number of nitrogens with one attached hydrogen (secondary N) is 1. The molecule has 1 aromatic rings. The minimum Gasteiger partial charge on any atom is -0.307 e. The van der Waals surface area contributed by atoms with Gasteiger partial charge in [-0.25, -0.2) is 4.98 Å². The summed E-state index contributed by atoms with van der Waals surface area (Å²) in [6, 6.07) is 0.431. The summed E-state index contributed by atoms with van der Waals surface area (Å²) >= 11 is 0. The molecule has 3 rings (SSSR count). The second-order valence-electron chi connectivity index (χ2n) is 5.08. The molecule has 2 aliphatic rings. The number of aromatic nitrogens is 3. The zero-order valence-corrected chi connectivity index (χ0v) is 9.95. The summed E-state index contributed by atoms with van der Waals surface area (Å²) in [6.45, 7) is 1.12. The molecule has 1 aliphatic carbocycles. The lowest BCUT2D eigenvalue weighted by Gasteiger charge is -2.23. The van der Waals surface area contributed by atoms with Crippen LogP contribution in [0.5, 0.6) is 0 Å². The van der Waals surface area contributed by atoms with Crippen LogP contribution < -0.4 is 5.32 Å². The van der Waals surface area contributed by atoms with E-state index in [1.807, 2.05) is 11.7 Å². The van der Waals surface area contributed by atoms with Crippen LogP contribution in [0.15, 0.2) is 0 Å². The van der Waals surface area contributed by atoms with Crippen molar-refractivity contribution in [3.05, 3.63) is 11.6 Å². The first-order chi connectivity index (χ1) is 7.84. The smallest absolute Gasteiger partial charge is 0.154 e. The molecule has 1 aromatic heterocycles. The summed E-state index contributed by atoms with van der Waals surface area (Å²) in [5, 5.41) is 8.11. The zero-order valence-electron chi connectivity index (χ0n) is 9.95. The highest BCUT2D eigenvalue weighted by molar-refractivity contribution is 5.06. The number of hydrogen-bond acceptors (Lipinski definition) is 3. The van der Waals surface area contributed by atoms with Gasteiger partial charge in [-0.1, -0.05) is 12.8 Å². The van der Waals surface area contributed by atoms with E-state index in [2.05, 4.69) is 10.4 Å². The fraction of sp³-hybridized carbons (Fsp3) is 0.833. The largest absolute Gasteiger partial charge is 0.307 e. The molecule has 1 N–H and O–H groups in total. The minimum absolute atomic E-state index is 0.431. The van der Waals surface area contributed by atoms with Crippen LogP contribution in [-0.2, 0) is 7.05 Å². The van der Waals surface area contributed by atoms with E-state index in [4.69, 9.17) is 4.98 Å². The summed E-state index contributed by atoms with van der Waals surface area (Å²) in [4.78, 5) is 4.74. The van der Waals surface area contributed by atoms with Crippen LogP contribution in [0, 0.1) is 0 Å². The van der Waals surface area contributed by atoms with Crippen molar-refractivity contribution >= 4 is 0 Å². The molecule has 0 bridgehead atoms. The second kappa shape index (κ2) is 4.17. The quantitative estimate of drug-likeness (QED) is 0.827. The predicted octanol–water partition coefficient (Wildman–Crippen LogP) is 1.90. The Kier molecular flexibility index (Phi) is 2.67. The topological polar surface area (TPSA) is 42.7 Å². The van der Waals surface area contributed by atoms with Gasteiger partial charge >= 0.3 is 0 Å². The third kappa shape index (κ3) is 1.75. The number of rotatable bonds is 2. The van der Waals surface area contributed by atoms with Crippen molar-refractivity contribution in [1.29, 1.82) is 0 Å². The van der Waals surface area contributed by atoms with Crippen LogP contribution in [0.25, 0.3) is 0 Å². The molecule has 4 nitrogen and oxygen atoms in total. The first kappa shape index (κ1) is 10.3. The molecule has 0 amide bonds. The lowest BCUT2D eigenvalue weighted by molar-refractivity contribution is 0.386. The van der Waals surface area contributed by atoms with Gasteiger partial charge in [0.1, 0.15) is 5.82 Å². The van der Waals surface area contributed by atoms with Gasteiger partial charge in [-0.2, -0.15) is 5.10 Å². The van der Waals surface area contributed by atoms with Crippen LogP contribution in [0.2, 0.25) is 0 Å². The van der Waals surface area contributed by atoms with E-state index in [0.717, 1.165) is 18.2 Å². The second-order valence-corrected chi connectivity index (χ2v) is 5.08. The maximum atomic E-state index is 4.74. The van der Waals surface area contributed by atoms with Crippen LogP contribution >= 0.6 is 0 Å². The highest BCUT2D eigenvalue weighted by Gasteiger charge is 2.27. The van der Waals surface area contributed by atoms with Crippen molar-refractivity contribution in [3.63, 3.8) is 0 Å². The van der Waals surface area contributed by atoms with Gasteiger partial charge in [0.2, 0.25) is 0 Å². The maximum Gasteiger partial charge on any atom is 0.154 e. The molecule has 1 saturated carbocycles. The lowest BCUT2D eigenvalue weighted by Crippen LogP contribution is -2.29. The summed E-state index contributed by atoms with van der Waals surface area (Å²) in [5.74, 6) is 2.86. The van der Waals surface area contributed by atoms with Crippen molar-refractivity contribution < 1.29 is 0 Å². The van der Waals surface area contributed by atoms with Crippen molar-refractivity contribution in [1.82, 2.24) is 20.1 Å². The molecular formula is C12H20N4. The average Bonchev–Trinajstić information content (AvgIpc) is 2.59. The maximum absolute atomic E-state index is 4.74. The SMILES string of the molecule is Cn1nc(C2CCC2)nc1C1CCCCN1. The van der Waals surface area contributed by atoms with Gasteiger partial charge in [0.15, 0.2) is 5.82 Å². The molecule has 1 saturated heterocycles. The molecule has 2 heterocycles. The van der Waals surface area contributed by atoms with Crippen LogP contribution in [-0.4, -0.2) is 21.3 Å². The van der Waals surface area contributed by atoms with E-state index in [9.17, 15) is 0 Å². The van der Waals surface area contributed by atoms with Crippen LogP contribution in [0.4, 0.5) is 0 Å². The Balaban J connectivity index is 1.79. The fourth-order valence-electron chi connectivity index (χ4n) is 2.63. The molecule has 88 valence electrons. The zero-order chi connectivity index (χ0) is 11.0. The minimum atomic E-state index is 0.431. The third-order valence-corrected chi connectivity index (χ3v) is 3.91. The summed E-state index contributed by atoms with van der Waals surface area (Å²) in [6.07, 6.45) is 7.72. The number of nitrogens with zero attached hydrogens (tertiary/aromatic N) is 3. The Hall–Kier alpha value is -0.900. The Morgan fingerprint density at radius 3 is 2.69 bits per heavy atom. The van der Waals surface area contributed by atoms with Crippen molar-refractivity contribution in [2.75, 3.05) is 6.54 Å². The molecule has 0 spiro atoms. The van der Waals surface area contributed by atoms with E-state index < -0.39 is 0 Å². The summed E-state index contributed by atoms with van der Waals surface area (Å²) in [5.41, 5.74) is 0. The third-order valence-electron chi connectivity index (χ3n) is 3.91. The lowest BCUT2D eigenvalue weighted by atomic mass is 9.85. The van der Waals surface area contributed by atoms with Crippen molar-refractivity contribution in [2.45, 2.75) is 50.5 Å². The van der Waals surface area contributed by atoms with Gasteiger partial charge < -0.3 is 5.32 Å². The molecule has 0 aromatic carbocycles. The van der Waals surface area contributed by atoms with E-state index >= 15 is 0 Å². The number of hydrogen-bond donors (Lipinski definition) is 1. The Morgan fingerprint density at radius 2 is 2.06 bits per heavy atom. The molecule has 1 atom stereocenters. The van der Waals surface area contributed by atoms with Crippen LogP contribution in [0.1, 0.15) is 62.1 Å². The Labute approximate surface area is 96.4 Å². The molecular weight excluding hydrogens is 200 g/mol. The van der Waals surface area contributed by atoms with Gasteiger partial charge in [-0.3, -0.25) is 4.68 Å². The molecule has 4 heteroatoms. The standard InChI is InChI=1S/C12H20N4/c1-16-12(10-7-2-3-8-13-10)14-11(15-16)9-5-4-6-9/h9-10,13H,2-8H2,1H3. The number of piperidine rings is 1. The Morgan fingerprint density at radius 1 is 1.19 bits per heavy atom. The molecule has 2 fully saturated rings. The highest BCUT2D eigenvalue weighted by Crippen LogP contribution is 2.35. The first-order valence-corrected chi connectivity index (χ1v) is 6.49. The first-order valence-electron chi connectivity index (χ1n) is 6.49. The molecule has 1 aliphatic heterocycles. The van der Waals surface area contributed by atoms with E-state index in [1.54, 1.807) is 0 Å². The van der Waals surface area contributed by atoms with E-state index in [-0.39, 0.29) is 0 Å².